The molecule has 0 unspecified atom stereocenters. The predicted octanol–water partition coefficient (Wildman–Crippen LogP) is 4.27. The van der Waals surface area contributed by atoms with Crippen molar-refractivity contribution in [1.82, 2.24) is 15.2 Å². The number of aromatic nitrogens is 3. The second kappa shape index (κ2) is 6.49. The molecule has 3 rings (SSSR count). The van der Waals surface area contributed by atoms with Gasteiger partial charge in [-0.3, -0.25) is 5.10 Å². The van der Waals surface area contributed by atoms with Crippen LogP contribution in [0.1, 0.15) is 6.92 Å². The largest absolute Gasteiger partial charge is 0.494 e. The van der Waals surface area contributed by atoms with Crippen LogP contribution < -0.4 is 10.1 Å². The number of hydrogen-bond donors (Lipinski definition) is 2. The Morgan fingerprint density at radius 2 is 2.00 bits per heavy atom. The first-order valence-corrected chi connectivity index (χ1v) is 7.30. The fourth-order valence-electron chi connectivity index (χ4n) is 2.01. The van der Waals surface area contributed by atoms with E-state index in [4.69, 9.17) is 16.3 Å². The summed E-state index contributed by atoms with van der Waals surface area (Å²) in [7, 11) is 0. The number of nitrogens with one attached hydrogen (secondary N) is 2. The van der Waals surface area contributed by atoms with Gasteiger partial charge in [0.15, 0.2) is 5.82 Å². The molecule has 6 heteroatoms. The van der Waals surface area contributed by atoms with Gasteiger partial charge in [-0.05, 0) is 43.3 Å². The maximum Gasteiger partial charge on any atom is 0.246 e. The molecule has 0 atom stereocenters. The quantitative estimate of drug-likeness (QED) is 0.738. The highest BCUT2D eigenvalue weighted by molar-refractivity contribution is 6.30. The summed E-state index contributed by atoms with van der Waals surface area (Å²) in [6.07, 6.45) is 0. The highest BCUT2D eigenvalue weighted by atomic mass is 35.5. The normalized spacial score (nSPS) is 10.5. The third kappa shape index (κ3) is 3.38. The number of aromatic amines is 1. The number of H-pyrrole nitrogens is 1. The van der Waals surface area contributed by atoms with E-state index in [0.29, 0.717) is 23.4 Å². The first kappa shape index (κ1) is 14.4. The van der Waals surface area contributed by atoms with Gasteiger partial charge >= 0.3 is 0 Å². The van der Waals surface area contributed by atoms with Crippen molar-refractivity contribution in [3.8, 4) is 17.1 Å². The Morgan fingerprint density at radius 1 is 1.18 bits per heavy atom. The Bertz CT molecular complexity index is 755. The van der Waals surface area contributed by atoms with Crippen molar-refractivity contribution in [2.45, 2.75) is 6.92 Å². The van der Waals surface area contributed by atoms with Gasteiger partial charge < -0.3 is 10.1 Å². The molecule has 0 aliphatic heterocycles. The van der Waals surface area contributed by atoms with Crippen molar-refractivity contribution in [3.05, 3.63) is 53.6 Å². The third-order valence-electron chi connectivity index (χ3n) is 3.00. The van der Waals surface area contributed by atoms with Crippen LogP contribution in [0, 0.1) is 0 Å². The number of halogens is 1. The molecule has 0 amide bonds. The SMILES string of the molecule is CCOc1cccc(-c2nc(Nc3ccc(Cl)cc3)n[nH]2)c1. The number of rotatable bonds is 5. The fraction of sp³-hybridized carbons (Fsp3) is 0.125. The molecule has 5 nitrogen and oxygen atoms in total. The molecule has 0 saturated carbocycles. The number of benzene rings is 2. The van der Waals surface area contributed by atoms with Crippen molar-refractivity contribution >= 4 is 23.2 Å². The first-order chi connectivity index (χ1) is 10.7. The molecule has 0 saturated heterocycles. The van der Waals surface area contributed by atoms with E-state index >= 15 is 0 Å². The fourth-order valence-corrected chi connectivity index (χ4v) is 2.13. The molecule has 3 aromatic rings. The van der Waals surface area contributed by atoms with Crippen molar-refractivity contribution in [2.24, 2.45) is 0 Å². The maximum atomic E-state index is 5.86. The summed E-state index contributed by atoms with van der Waals surface area (Å²) in [5.74, 6) is 1.99. The van der Waals surface area contributed by atoms with E-state index in [1.165, 1.54) is 0 Å². The summed E-state index contributed by atoms with van der Waals surface area (Å²) in [5.41, 5.74) is 1.79. The van der Waals surface area contributed by atoms with Crippen molar-refractivity contribution in [3.63, 3.8) is 0 Å². The van der Waals surface area contributed by atoms with E-state index in [1.54, 1.807) is 0 Å². The summed E-state index contributed by atoms with van der Waals surface area (Å²) in [6, 6.07) is 15.1. The van der Waals surface area contributed by atoms with Crippen LogP contribution >= 0.6 is 11.6 Å². The highest BCUT2D eigenvalue weighted by Gasteiger charge is 2.07. The van der Waals surface area contributed by atoms with Crippen molar-refractivity contribution in [2.75, 3.05) is 11.9 Å². The van der Waals surface area contributed by atoms with Crippen molar-refractivity contribution < 1.29 is 4.74 Å². The average molecular weight is 315 g/mol. The molecule has 0 spiro atoms. The minimum Gasteiger partial charge on any atom is -0.494 e. The van der Waals surface area contributed by atoms with E-state index in [0.717, 1.165) is 17.0 Å². The van der Waals surface area contributed by atoms with E-state index in [1.807, 2.05) is 55.5 Å². The molecule has 1 aromatic heterocycles. The summed E-state index contributed by atoms with van der Waals surface area (Å²) in [5, 5.41) is 10.9. The van der Waals surface area contributed by atoms with Gasteiger partial charge in [0, 0.05) is 16.3 Å². The minimum atomic E-state index is 0.499. The van der Waals surface area contributed by atoms with Gasteiger partial charge in [-0.2, -0.15) is 4.98 Å². The molecule has 0 aliphatic rings. The van der Waals surface area contributed by atoms with Gasteiger partial charge in [0.1, 0.15) is 5.75 Å². The Hall–Kier alpha value is -2.53. The van der Waals surface area contributed by atoms with Crippen LogP contribution in [0.15, 0.2) is 48.5 Å². The summed E-state index contributed by atoms with van der Waals surface area (Å²) >= 11 is 5.86. The van der Waals surface area contributed by atoms with Crippen molar-refractivity contribution in [1.29, 1.82) is 0 Å². The molecule has 0 fully saturated rings. The monoisotopic (exact) mass is 314 g/mol. The minimum absolute atomic E-state index is 0.499. The molecular formula is C16H15ClN4O. The maximum absolute atomic E-state index is 5.86. The van der Waals surface area contributed by atoms with E-state index < -0.39 is 0 Å². The second-order valence-corrected chi connectivity index (χ2v) is 5.04. The summed E-state index contributed by atoms with van der Waals surface area (Å²) in [4.78, 5) is 4.43. The molecule has 112 valence electrons. The topological polar surface area (TPSA) is 62.8 Å². The van der Waals surface area contributed by atoms with Gasteiger partial charge in [-0.25, -0.2) is 0 Å². The van der Waals surface area contributed by atoms with Crippen LogP contribution in [0.2, 0.25) is 5.02 Å². The molecule has 2 N–H and O–H groups in total. The van der Waals surface area contributed by atoms with Gasteiger partial charge in [0.05, 0.1) is 6.61 Å². The van der Waals surface area contributed by atoms with Gasteiger partial charge in [0.25, 0.3) is 0 Å². The molecule has 2 aromatic carbocycles. The molecular weight excluding hydrogens is 300 g/mol. The Kier molecular flexibility index (Phi) is 4.25. The second-order valence-electron chi connectivity index (χ2n) is 4.60. The molecule has 0 bridgehead atoms. The lowest BCUT2D eigenvalue weighted by Gasteiger charge is -2.03. The van der Waals surface area contributed by atoms with E-state index in [2.05, 4.69) is 20.5 Å². The zero-order valence-corrected chi connectivity index (χ0v) is 12.8. The first-order valence-electron chi connectivity index (χ1n) is 6.93. The van der Waals surface area contributed by atoms with Crippen LogP contribution in [0.25, 0.3) is 11.4 Å². The van der Waals surface area contributed by atoms with Gasteiger partial charge in [-0.15, -0.1) is 5.10 Å². The number of hydrogen-bond acceptors (Lipinski definition) is 4. The van der Waals surface area contributed by atoms with E-state index in [9.17, 15) is 0 Å². The highest BCUT2D eigenvalue weighted by Crippen LogP contribution is 2.23. The number of ether oxygens (including phenoxy) is 1. The van der Waals surface area contributed by atoms with E-state index in [-0.39, 0.29) is 0 Å². The predicted molar refractivity (Wildman–Crippen MR) is 87.7 cm³/mol. The molecule has 0 aliphatic carbocycles. The lowest BCUT2D eigenvalue weighted by atomic mass is 10.2. The van der Waals surface area contributed by atoms with Crippen LogP contribution in [-0.4, -0.2) is 21.8 Å². The number of anilines is 2. The zero-order chi connectivity index (χ0) is 15.4. The summed E-state index contributed by atoms with van der Waals surface area (Å²) in [6.45, 7) is 2.58. The lowest BCUT2D eigenvalue weighted by molar-refractivity contribution is 0.340. The lowest BCUT2D eigenvalue weighted by Crippen LogP contribution is -1.92. The Labute approximate surface area is 133 Å². The van der Waals surface area contributed by atoms with Crippen LogP contribution in [0.4, 0.5) is 11.6 Å². The third-order valence-corrected chi connectivity index (χ3v) is 3.26. The smallest absolute Gasteiger partial charge is 0.246 e. The Balaban J connectivity index is 1.78. The van der Waals surface area contributed by atoms with Gasteiger partial charge in [-0.1, -0.05) is 23.7 Å². The Morgan fingerprint density at radius 3 is 2.77 bits per heavy atom. The molecule has 22 heavy (non-hydrogen) atoms. The standard InChI is InChI=1S/C16H15ClN4O/c1-2-22-14-5-3-4-11(10-14)15-19-16(21-20-15)18-13-8-6-12(17)7-9-13/h3-10H,2H2,1H3,(H2,18,19,20,21). The molecule has 0 radical (unpaired) electrons. The van der Waals surface area contributed by atoms with Crippen LogP contribution in [-0.2, 0) is 0 Å². The number of nitrogens with zero attached hydrogens (tertiary/aromatic N) is 2. The van der Waals surface area contributed by atoms with Crippen LogP contribution in [0.5, 0.6) is 5.75 Å². The molecule has 1 heterocycles. The average Bonchev–Trinajstić information content (AvgIpc) is 2.99. The zero-order valence-electron chi connectivity index (χ0n) is 12.0. The van der Waals surface area contributed by atoms with Gasteiger partial charge in [0.2, 0.25) is 5.95 Å². The summed E-state index contributed by atoms with van der Waals surface area (Å²) < 4.78 is 5.49. The van der Waals surface area contributed by atoms with Crippen LogP contribution in [0.3, 0.4) is 0 Å².